The molecule has 27 heavy (non-hydrogen) atoms. The number of aryl methyl sites for hydroxylation is 1. The zero-order chi connectivity index (χ0) is 19.0. The smallest absolute Gasteiger partial charge is 0.338 e. The third kappa shape index (κ3) is 3.21. The predicted octanol–water partition coefficient (Wildman–Crippen LogP) is 4.55. The van der Waals surface area contributed by atoms with Gasteiger partial charge in [-0.3, -0.25) is 0 Å². The van der Waals surface area contributed by atoms with Gasteiger partial charge >= 0.3 is 5.97 Å². The number of benzene rings is 2. The molecule has 0 radical (unpaired) electrons. The quantitative estimate of drug-likeness (QED) is 0.541. The molecule has 0 aliphatic carbocycles. The van der Waals surface area contributed by atoms with Gasteiger partial charge < -0.3 is 14.3 Å². The van der Waals surface area contributed by atoms with Crippen LogP contribution in [0.5, 0.6) is 0 Å². The number of carbonyl (C=O) groups excluding carboxylic acids is 1. The van der Waals surface area contributed by atoms with E-state index in [9.17, 15) is 9.18 Å². The van der Waals surface area contributed by atoms with E-state index in [-0.39, 0.29) is 11.8 Å². The number of ether oxygens (including phenoxy) is 1. The van der Waals surface area contributed by atoms with Gasteiger partial charge in [0.1, 0.15) is 5.82 Å². The average molecular weight is 363 g/mol. The molecule has 5 nitrogen and oxygen atoms in total. The Balaban J connectivity index is 1.91. The van der Waals surface area contributed by atoms with Crippen LogP contribution in [0.4, 0.5) is 4.39 Å². The number of fused-ring (bicyclic) bond motifs is 1. The molecule has 2 heterocycles. The molecular formula is C21H18FN3O2. The minimum atomic E-state index is -0.374. The largest absolute Gasteiger partial charge is 0.462 e. The Morgan fingerprint density at radius 3 is 2.67 bits per heavy atom. The minimum absolute atomic E-state index is 0.284. The predicted molar refractivity (Wildman–Crippen MR) is 102 cm³/mol. The molecule has 2 aromatic carbocycles. The summed E-state index contributed by atoms with van der Waals surface area (Å²) in [5, 5.41) is 0.862. The second-order valence-corrected chi connectivity index (χ2v) is 6.32. The molecular weight excluding hydrogens is 345 g/mol. The second-order valence-electron chi connectivity index (χ2n) is 6.32. The molecule has 136 valence electrons. The number of esters is 1. The van der Waals surface area contributed by atoms with E-state index < -0.39 is 0 Å². The number of H-pyrrole nitrogens is 1. The lowest BCUT2D eigenvalue weighted by Crippen LogP contribution is -2.04. The molecule has 2 aromatic heterocycles. The van der Waals surface area contributed by atoms with Crippen molar-refractivity contribution >= 4 is 16.9 Å². The lowest BCUT2D eigenvalue weighted by atomic mass is 10.0. The summed E-state index contributed by atoms with van der Waals surface area (Å²) in [6, 6.07) is 11.8. The monoisotopic (exact) mass is 363 g/mol. The highest BCUT2D eigenvalue weighted by Crippen LogP contribution is 2.32. The zero-order valence-corrected chi connectivity index (χ0v) is 15.0. The van der Waals surface area contributed by atoms with Gasteiger partial charge in [-0.25, -0.2) is 14.2 Å². The molecule has 0 aliphatic rings. The van der Waals surface area contributed by atoms with E-state index in [2.05, 4.69) is 9.97 Å². The van der Waals surface area contributed by atoms with Crippen LogP contribution < -0.4 is 0 Å². The fraction of sp³-hybridized carbons (Fsp3) is 0.143. The van der Waals surface area contributed by atoms with Crippen molar-refractivity contribution in [3.63, 3.8) is 0 Å². The zero-order valence-electron chi connectivity index (χ0n) is 15.0. The highest BCUT2D eigenvalue weighted by atomic mass is 19.1. The molecule has 0 bridgehead atoms. The summed E-state index contributed by atoms with van der Waals surface area (Å²) < 4.78 is 20.2. The number of rotatable bonds is 4. The Morgan fingerprint density at radius 2 is 2.00 bits per heavy atom. The van der Waals surface area contributed by atoms with E-state index in [0.29, 0.717) is 12.2 Å². The van der Waals surface area contributed by atoms with Crippen LogP contribution in [0, 0.1) is 5.82 Å². The molecule has 0 aliphatic heterocycles. The van der Waals surface area contributed by atoms with Gasteiger partial charge in [0.05, 0.1) is 29.7 Å². The summed E-state index contributed by atoms with van der Waals surface area (Å²) in [5.41, 5.74) is 4.59. The van der Waals surface area contributed by atoms with Crippen LogP contribution in [-0.2, 0) is 11.8 Å². The van der Waals surface area contributed by atoms with E-state index in [1.54, 1.807) is 37.5 Å². The number of nitrogens with zero attached hydrogens (tertiary/aromatic N) is 2. The van der Waals surface area contributed by atoms with Crippen molar-refractivity contribution in [2.45, 2.75) is 6.92 Å². The number of hydrogen-bond acceptors (Lipinski definition) is 3. The van der Waals surface area contributed by atoms with Crippen LogP contribution in [0.2, 0.25) is 0 Å². The molecule has 0 saturated heterocycles. The molecule has 0 saturated carbocycles. The Kier molecular flexibility index (Phi) is 4.24. The molecule has 0 atom stereocenters. The molecule has 0 spiro atoms. The van der Waals surface area contributed by atoms with Crippen molar-refractivity contribution in [2.75, 3.05) is 6.61 Å². The van der Waals surface area contributed by atoms with E-state index in [1.807, 2.05) is 23.9 Å². The lowest BCUT2D eigenvalue weighted by Gasteiger charge is -2.06. The average Bonchev–Trinajstić information content (AvgIpc) is 3.27. The lowest BCUT2D eigenvalue weighted by molar-refractivity contribution is 0.0526. The summed E-state index contributed by atoms with van der Waals surface area (Å²) in [5.74, 6) is -0.658. The molecule has 0 unspecified atom stereocenters. The van der Waals surface area contributed by atoms with E-state index in [0.717, 1.165) is 33.4 Å². The first-order valence-electron chi connectivity index (χ1n) is 8.63. The van der Waals surface area contributed by atoms with Crippen molar-refractivity contribution in [3.8, 4) is 22.5 Å². The third-order valence-electron chi connectivity index (χ3n) is 4.38. The molecule has 4 aromatic rings. The third-order valence-corrected chi connectivity index (χ3v) is 4.38. The number of halogens is 1. The van der Waals surface area contributed by atoms with Crippen LogP contribution in [0.1, 0.15) is 17.3 Å². The van der Waals surface area contributed by atoms with Gasteiger partial charge in [0.15, 0.2) is 0 Å². The summed E-state index contributed by atoms with van der Waals surface area (Å²) in [6.45, 7) is 2.09. The Labute approximate surface area is 155 Å². The van der Waals surface area contributed by atoms with Gasteiger partial charge in [-0.05, 0) is 55.0 Å². The number of carbonyl (C=O) groups is 1. The van der Waals surface area contributed by atoms with Crippen LogP contribution in [0.15, 0.2) is 55.0 Å². The summed E-state index contributed by atoms with van der Waals surface area (Å²) in [6.07, 6.45) is 3.60. The highest BCUT2D eigenvalue weighted by molar-refractivity contribution is 6.02. The van der Waals surface area contributed by atoms with E-state index in [1.165, 1.54) is 12.1 Å². The van der Waals surface area contributed by atoms with Crippen molar-refractivity contribution in [1.82, 2.24) is 14.5 Å². The van der Waals surface area contributed by atoms with Crippen molar-refractivity contribution in [1.29, 1.82) is 0 Å². The second kappa shape index (κ2) is 6.72. The minimum Gasteiger partial charge on any atom is -0.462 e. The maximum atomic E-state index is 13.2. The van der Waals surface area contributed by atoms with Crippen LogP contribution in [-0.4, -0.2) is 27.1 Å². The SMILES string of the molecule is CCOC(=O)c1cc(-c2cn(C)cn2)c2[nH]c(-c3ccc(F)cc3)cc2c1. The topological polar surface area (TPSA) is 59.9 Å². The van der Waals surface area contributed by atoms with Gasteiger partial charge in [0.25, 0.3) is 0 Å². The van der Waals surface area contributed by atoms with Crippen LogP contribution in [0.25, 0.3) is 33.4 Å². The first kappa shape index (κ1) is 17.0. The Morgan fingerprint density at radius 1 is 1.22 bits per heavy atom. The Bertz CT molecular complexity index is 1130. The molecule has 0 amide bonds. The highest BCUT2D eigenvalue weighted by Gasteiger charge is 2.16. The molecule has 1 N–H and O–H groups in total. The number of nitrogens with one attached hydrogen (secondary N) is 1. The van der Waals surface area contributed by atoms with Crippen molar-refractivity contribution in [2.24, 2.45) is 7.05 Å². The fourth-order valence-electron chi connectivity index (χ4n) is 3.12. The van der Waals surface area contributed by atoms with Gasteiger partial charge in [0, 0.05) is 29.9 Å². The molecule has 0 fully saturated rings. The summed E-state index contributed by atoms with van der Waals surface area (Å²) >= 11 is 0. The fourth-order valence-corrected chi connectivity index (χ4v) is 3.12. The Hall–Kier alpha value is -3.41. The summed E-state index contributed by atoms with van der Waals surface area (Å²) in [7, 11) is 1.89. The van der Waals surface area contributed by atoms with E-state index in [4.69, 9.17) is 4.74 Å². The first-order chi connectivity index (χ1) is 13.0. The van der Waals surface area contributed by atoms with Gasteiger partial charge in [-0.15, -0.1) is 0 Å². The van der Waals surface area contributed by atoms with Gasteiger partial charge in [-0.1, -0.05) is 0 Å². The molecule has 6 heteroatoms. The van der Waals surface area contributed by atoms with Crippen molar-refractivity contribution < 1.29 is 13.9 Å². The summed E-state index contributed by atoms with van der Waals surface area (Å²) in [4.78, 5) is 20.1. The van der Waals surface area contributed by atoms with Crippen LogP contribution >= 0.6 is 0 Å². The van der Waals surface area contributed by atoms with E-state index >= 15 is 0 Å². The number of imidazole rings is 1. The normalized spacial score (nSPS) is 11.1. The van der Waals surface area contributed by atoms with Crippen molar-refractivity contribution in [3.05, 3.63) is 66.4 Å². The first-order valence-corrected chi connectivity index (χ1v) is 8.63. The standard InChI is InChI=1S/C21H18FN3O2/c1-3-27-21(26)15-8-14-10-18(13-4-6-16(22)7-5-13)24-20(14)17(9-15)19-11-25(2)12-23-19/h4-12,24H,3H2,1-2H3. The number of aromatic nitrogens is 3. The number of hydrogen-bond donors (Lipinski definition) is 1. The maximum absolute atomic E-state index is 13.2. The van der Waals surface area contributed by atoms with Crippen LogP contribution in [0.3, 0.4) is 0 Å². The van der Waals surface area contributed by atoms with Gasteiger partial charge in [-0.2, -0.15) is 0 Å². The number of aromatic amines is 1. The molecule has 4 rings (SSSR count). The van der Waals surface area contributed by atoms with Gasteiger partial charge in [0.2, 0.25) is 0 Å². The maximum Gasteiger partial charge on any atom is 0.338 e.